The summed E-state index contributed by atoms with van der Waals surface area (Å²) in [4.78, 5) is 12.2. The monoisotopic (exact) mass is 280 g/mol. The standard InChI is InChI=1S/C17H17N3O/c1-3-14-8-10-20(11-9-14)13(2)17(21)19-16-6-4-15(12-18)5-7-16/h4-11,13H,3H2,1-2H3/p+1/t13-/m0/s1. The highest BCUT2D eigenvalue weighted by Gasteiger charge is 2.21. The molecule has 1 amide bonds. The molecule has 1 atom stereocenters. The summed E-state index contributed by atoms with van der Waals surface area (Å²) in [6.07, 6.45) is 4.82. The third-order valence-corrected chi connectivity index (χ3v) is 3.44. The zero-order chi connectivity index (χ0) is 15.2. The van der Waals surface area contributed by atoms with Gasteiger partial charge in [0.05, 0.1) is 11.6 Å². The smallest absolute Gasteiger partial charge is 0.293 e. The fraction of sp³-hybridized carbons (Fsp3) is 0.235. The number of benzene rings is 1. The van der Waals surface area contributed by atoms with Crippen LogP contribution in [-0.4, -0.2) is 5.91 Å². The molecule has 0 fully saturated rings. The second-order valence-electron chi connectivity index (χ2n) is 4.86. The van der Waals surface area contributed by atoms with Gasteiger partial charge in [0, 0.05) is 24.7 Å². The van der Waals surface area contributed by atoms with Crippen LogP contribution in [0.1, 0.15) is 31.0 Å². The molecule has 0 unspecified atom stereocenters. The zero-order valence-corrected chi connectivity index (χ0v) is 12.2. The minimum absolute atomic E-state index is 0.0889. The highest BCUT2D eigenvalue weighted by atomic mass is 16.2. The Morgan fingerprint density at radius 3 is 2.38 bits per heavy atom. The van der Waals surface area contributed by atoms with Gasteiger partial charge < -0.3 is 5.32 Å². The highest BCUT2D eigenvalue weighted by Crippen LogP contribution is 2.10. The van der Waals surface area contributed by atoms with E-state index in [9.17, 15) is 4.79 Å². The molecule has 2 rings (SSSR count). The molecular formula is C17H18N3O+. The molecule has 1 heterocycles. The summed E-state index contributed by atoms with van der Waals surface area (Å²) in [5.74, 6) is -0.0889. The molecule has 0 saturated heterocycles. The number of hydrogen-bond donors (Lipinski definition) is 1. The Morgan fingerprint density at radius 1 is 1.24 bits per heavy atom. The molecule has 0 radical (unpaired) electrons. The average molecular weight is 280 g/mol. The van der Waals surface area contributed by atoms with Crippen LogP contribution in [0.4, 0.5) is 5.69 Å². The van der Waals surface area contributed by atoms with Gasteiger partial charge in [-0.3, -0.25) is 4.79 Å². The fourth-order valence-corrected chi connectivity index (χ4v) is 1.97. The maximum Gasteiger partial charge on any atom is 0.293 e. The van der Waals surface area contributed by atoms with Crippen molar-refractivity contribution in [3.05, 3.63) is 59.9 Å². The van der Waals surface area contributed by atoms with Gasteiger partial charge in [0.15, 0.2) is 12.4 Å². The summed E-state index contributed by atoms with van der Waals surface area (Å²) >= 11 is 0. The van der Waals surface area contributed by atoms with Crippen LogP contribution in [0.5, 0.6) is 0 Å². The molecule has 1 aromatic heterocycles. The Kier molecular flexibility index (Phi) is 4.68. The number of aromatic nitrogens is 1. The SMILES string of the molecule is CCc1cc[n+]([C@@H](C)C(=O)Nc2ccc(C#N)cc2)cc1. The van der Waals surface area contributed by atoms with E-state index in [0.29, 0.717) is 11.3 Å². The Bertz CT molecular complexity index is 654. The molecule has 4 heteroatoms. The Hall–Kier alpha value is -2.67. The molecule has 0 bridgehead atoms. The maximum atomic E-state index is 12.2. The van der Waals surface area contributed by atoms with Crippen molar-refractivity contribution < 1.29 is 9.36 Å². The Morgan fingerprint density at radius 2 is 1.86 bits per heavy atom. The van der Waals surface area contributed by atoms with Crippen LogP contribution in [-0.2, 0) is 11.2 Å². The largest absolute Gasteiger partial charge is 0.320 e. The van der Waals surface area contributed by atoms with Gasteiger partial charge >= 0.3 is 0 Å². The van der Waals surface area contributed by atoms with E-state index in [1.807, 2.05) is 36.0 Å². The van der Waals surface area contributed by atoms with Crippen molar-refractivity contribution in [3.63, 3.8) is 0 Å². The minimum atomic E-state index is -0.299. The van der Waals surface area contributed by atoms with Crippen molar-refractivity contribution in [2.75, 3.05) is 5.32 Å². The van der Waals surface area contributed by atoms with E-state index in [1.165, 1.54) is 5.56 Å². The summed E-state index contributed by atoms with van der Waals surface area (Å²) in [7, 11) is 0. The summed E-state index contributed by atoms with van der Waals surface area (Å²) in [5.41, 5.74) is 2.51. The second kappa shape index (κ2) is 6.67. The van der Waals surface area contributed by atoms with Crippen LogP contribution in [0.25, 0.3) is 0 Å². The zero-order valence-electron chi connectivity index (χ0n) is 12.2. The molecular weight excluding hydrogens is 262 g/mol. The third-order valence-electron chi connectivity index (χ3n) is 3.44. The second-order valence-corrected chi connectivity index (χ2v) is 4.86. The quantitative estimate of drug-likeness (QED) is 0.875. The lowest BCUT2D eigenvalue weighted by Crippen LogP contribution is -2.44. The average Bonchev–Trinajstić information content (AvgIpc) is 2.55. The van der Waals surface area contributed by atoms with Crippen LogP contribution in [0.3, 0.4) is 0 Å². The lowest BCUT2D eigenvalue weighted by molar-refractivity contribution is -0.705. The van der Waals surface area contributed by atoms with Crippen LogP contribution in [0.15, 0.2) is 48.8 Å². The number of carbonyl (C=O) groups is 1. The van der Waals surface area contributed by atoms with Crippen LogP contribution in [0, 0.1) is 11.3 Å². The lowest BCUT2D eigenvalue weighted by Gasteiger charge is -2.09. The van der Waals surface area contributed by atoms with Crippen molar-refractivity contribution >= 4 is 11.6 Å². The molecule has 4 nitrogen and oxygen atoms in total. The van der Waals surface area contributed by atoms with Gasteiger partial charge in [0.1, 0.15) is 0 Å². The number of rotatable bonds is 4. The minimum Gasteiger partial charge on any atom is -0.320 e. The predicted octanol–water partition coefficient (Wildman–Crippen LogP) is 2.61. The highest BCUT2D eigenvalue weighted by molar-refractivity contribution is 5.92. The first-order valence-corrected chi connectivity index (χ1v) is 6.94. The van der Waals surface area contributed by atoms with Crippen LogP contribution < -0.4 is 9.88 Å². The van der Waals surface area contributed by atoms with Crippen LogP contribution >= 0.6 is 0 Å². The topological polar surface area (TPSA) is 56.8 Å². The van der Waals surface area contributed by atoms with Crippen molar-refractivity contribution in [1.29, 1.82) is 5.26 Å². The number of carbonyl (C=O) groups excluding carboxylic acids is 1. The first-order valence-electron chi connectivity index (χ1n) is 6.94. The number of nitriles is 1. The number of aryl methyl sites for hydroxylation is 1. The number of nitrogens with one attached hydrogen (secondary N) is 1. The van der Waals surface area contributed by atoms with Crippen molar-refractivity contribution in [3.8, 4) is 6.07 Å². The Balaban J connectivity index is 2.05. The van der Waals surface area contributed by atoms with Gasteiger partial charge in [-0.2, -0.15) is 9.83 Å². The molecule has 106 valence electrons. The maximum absolute atomic E-state index is 12.2. The van der Waals surface area contributed by atoms with Gasteiger partial charge in [0.25, 0.3) is 5.91 Å². The van der Waals surface area contributed by atoms with E-state index in [-0.39, 0.29) is 11.9 Å². The van der Waals surface area contributed by atoms with E-state index in [4.69, 9.17) is 5.26 Å². The molecule has 1 aromatic carbocycles. The number of amides is 1. The summed E-state index contributed by atoms with van der Waals surface area (Å²) in [6.45, 7) is 3.95. The predicted molar refractivity (Wildman–Crippen MR) is 80.5 cm³/mol. The van der Waals surface area contributed by atoms with Crippen molar-refractivity contribution in [2.45, 2.75) is 26.3 Å². The lowest BCUT2D eigenvalue weighted by atomic mass is 10.2. The van der Waals surface area contributed by atoms with E-state index in [1.54, 1.807) is 24.3 Å². The number of anilines is 1. The Labute approximate surface area is 124 Å². The number of hydrogen-bond acceptors (Lipinski definition) is 2. The normalized spacial score (nSPS) is 11.5. The molecule has 0 aliphatic carbocycles. The van der Waals surface area contributed by atoms with E-state index in [0.717, 1.165) is 6.42 Å². The van der Waals surface area contributed by atoms with Gasteiger partial charge in [-0.25, -0.2) is 0 Å². The van der Waals surface area contributed by atoms with E-state index >= 15 is 0 Å². The van der Waals surface area contributed by atoms with Gasteiger partial charge in [0.2, 0.25) is 6.04 Å². The van der Waals surface area contributed by atoms with Gasteiger partial charge in [-0.15, -0.1) is 0 Å². The van der Waals surface area contributed by atoms with Crippen molar-refractivity contribution in [1.82, 2.24) is 0 Å². The molecule has 1 N–H and O–H groups in total. The molecule has 0 spiro atoms. The molecule has 0 aliphatic heterocycles. The van der Waals surface area contributed by atoms with Gasteiger partial charge in [-0.05, 0) is 36.2 Å². The number of pyridine rings is 1. The fourth-order valence-electron chi connectivity index (χ4n) is 1.97. The first kappa shape index (κ1) is 14.7. The summed E-state index contributed by atoms with van der Waals surface area (Å²) in [5, 5.41) is 11.6. The number of nitrogens with zero attached hydrogens (tertiary/aromatic N) is 2. The summed E-state index contributed by atoms with van der Waals surface area (Å²) in [6, 6.07) is 12.6. The van der Waals surface area contributed by atoms with Crippen molar-refractivity contribution in [2.24, 2.45) is 0 Å². The van der Waals surface area contributed by atoms with Crippen LogP contribution in [0.2, 0.25) is 0 Å². The summed E-state index contributed by atoms with van der Waals surface area (Å²) < 4.78 is 1.87. The molecule has 21 heavy (non-hydrogen) atoms. The first-order chi connectivity index (χ1) is 10.1. The van der Waals surface area contributed by atoms with Gasteiger partial charge in [-0.1, -0.05) is 6.92 Å². The molecule has 0 saturated carbocycles. The molecule has 2 aromatic rings. The van der Waals surface area contributed by atoms with E-state index in [2.05, 4.69) is 18.3 Å². The third kappa shape index (κ3) is 3.67. The molecule has 0 aliphatic rings. The van der Waals surface area contributed by atoms with E-state index < -0.39 is 0 Å².